The Labute approximate surface area is 96.1 Å². The molecule has 0 spiro atoms. The van der Waals surface area contributed by atoms with E-state index in [1.165, 1.54) is 7.05 Å². The molecule has 0 aliphatic rings. The molecule has 7 nitrogen and oxygen atoms in total. The molecule has 0 aromatic rings. The molecule has 0 aliphatic carbocycles. The highest BCUT2D eigenvalue weighted by Gasteiger charge is 2.25. The van der Waals surface area contributed by atoms with Gasteiger partial charge in [0.2, 0.25) is 0 Å². The SMILES string of the molecule is CC(C)OC(=O)NS(=O)(=O)N(C)C(C)CN. The van der Waals surface area contributed by atoms with Gasteiger partial charge in [0.1, 0.15) is 0 Å². The minimum absolute atomic E-state index is 0.163. The van der Waals surface area contributed by atoms with Crippen LogP contribution in [0.5, 0.6) is 0 Å². The lowest BCUT2D eigenvalue weighted by Crippen LogP contribution is -2.48. The first kappa shape index (κ1) is 15.1. The van der Waals surface area contributed by atoms with Gasteiger partial charge in [-0.25, -0.2) is 9.52 Å². The molecule has 0 heterocycles. The Morgan fingerprint density at radius 2 is 1.94 bits per heavy atom. The normalized spacial score (nSPS) is 13.9. The zero-order valence-electron chi connectivity index (χ0n) is 9.93. The molecule has 0 saturated carbocycles. The Morgan fingerprint density at radius 3 is 2.31 bits per heavy atom. The summed E-state index contributed by atoms with van der Waals surface area (Å²) in [4.78, 5) is 11.1. The van der Waals surface area contributed by atoms with Gasteiger partial charge in [-0.3, -0.25) is 0 Å². The van der Waals surface area contributed by atoms with Crippen LogP contribution in [0.25, 0.3) is 0 Å². The van der Waals surface area contributed by atoms with Crippen LogP contribution in [-0.2, 0) is 14.9 Å². The first-order chi connectivity index (χ1) is 7.20. The molecule has 0 aromatic carbocycles. The van der Waals surface area contributed by atoms with Crippen LogP contribution in [0.15, 0.2) is 0 Å². The second-order valence-electron chi connectivity index (χ2n) is 3.66. The molecule has 0 aliphatic heterocycles. The first-order valence-electron chi connectivity index (χ1n) is 4.87. The topological polar surface area (TPSA) is 102 Å². The third-order valence-corrected chi connectivity index (χ3v) is 3.44. The number of carbonyl (C=O) groups is 1. The van der Waals surface area contributed by atoms with Gasteiger partial charge in [-0.05, 0) is 20.8 Å². The van der Waals surface area contributed by atoms with E-state index < -0.39 is 22.3 Å². The molecule has 96 valence electrons. The minimum Gasteiger partial charge on any atom is -0.446 e. The number of amides is 1. The number of hydrogen-bond acceptors (Lipinski definition) is 5. The maximum atomic E-state index is 11.6. The Bertz CT molecular complexity index is 328. The number of rotatable bonds is 5. The van der Waals surface area contributed by atoms with E-state index in [1.54, 1.807) is 25.5 Å². The second kappa shape index (κ2) is 6.02. The molecule has 0 saturated heterocycles. The maximum Gasteiger partial charge on any atom is 0.422 e. The zero-order valence-corrected chi connectivity index (χ0v) is 10.7. The number of nitrogens with one attached hydrogen (secondary N) is 1. The number of hydrogen-bond donors (Lipinski definition) is 2. The molecule has 1 unspecified atom stereocenters. The van der Waals surface area contributed by atoms with E-state index in [2.05, 4.69) is 4.74 Å². The highest BCUT2D eigenvalue weighted by atomic mass is 32.2. The largest absolute Gasteiger partial charge is 0.446 e. The van der Waals surface area contributed by atoms with E-state index in [0.29, 0.717) is 0 Å². The number of nitrogens with two attached hydrogens (primary N) is 1. The molecule has 3 N–H and O–H groups in total. The lowest BCUT2D eigenvalue weighted by atomic mass is 10.4. The van der Waals surface area contributed by atoms with Crippen LogP contribution >= 0.6 is 0 Å². The predicted octanol–water partition coefficient (Wildman–Crippen LogP) is -0.355. The van der Waals surface area contributed by atoms with Crippen molar-refractivity contribution < 1.29 is 17.9 Å². The van der Waals surface area contributed by atoms with Gasteiger partial charge in [-0.15, -0.1) is 0 Å². The van der Waals surface area contributed by atoms with Crippen molar-refractivity contribution in [2.75, 3.05) is 13.6 Å². The third kappa shape index (κ3) is 4.77. The first-order valence-corrected chi connectivity index (χ1v) is 6.31. The number of nitrogens with zero attached hydrogens (tertiary/aromatic N) is 1. The highest BCUT2D eigenvalue weighted by Crippen LogP contribution is 2.01. The van der Waals surface area contributed by atoms with E-state index in [9.17, 15) is 13.2 Å². The maximum absolute atomic E-state index is 11.6. The van der Waals surface area contributed by atoms with Gasteiger partial charge >= 0.3 is 16.3 Å². The van der Waals surface area contributed by atoms with Gasteiger partial charge in [0.15, 0.2) is 0 Å². The fourth-order valence-electron chi connectivity index (χ4n) is 0.801. The summed E-state index contributed by atoms with van der Waals surface area (Å²) in [5.74, 6) is 0. The quantitative estimate of drug-likeness (QED) is 0.697. The summed E-state index contributed by atoms with van der Waals surface area (Å²) in [7, 11) is -2.55. The van der Waals surface area contributed by atoms with Crippen LogP contribution in [0.4, 0.5) is 4.79 Å². The molecule has 8 heteroatoms. The molecule has 1 atom stereocenters. The summed E-state index contributed by atoms with van der Waals surface area (Å²) in [6.07, 6.45) is -1.38. The smallest absolute Gasteiger partial charge is 0.422 e. The van der Waals surface area contributed by atoms with Crippen LogP contribution in [0.2, 0.25) is 0 Å². The average molecular weight is 253 g/mol. The Balaban J connectivity index is 4.52. The predicted molar refractivity (Wildman–Crippen MR) is 60.0 cm³/mol. The number of ether oxygens (including phenoxy) is 1. The lowest BCUT2D eigenvalue weighted by Gasteiger charge is -2.22. The zero-order chi connectivity index (χ0) is 12.9. The van der Waals surface area contributed by atoms with Crippen LogP contribution in [-0.4, -0.2) is 44.6 Å². The van der Waals surface area contributed by atoms with Crippen LogP contribution in [0, 0.1) is 0 Å². The van der Waals surface area contributed by atoms with Crippen LogP contribution in [0.1, 0.15) is 20.8 Å². The molecule has 1 amide bonds. The van der Waals surface area contributed by atoms with Gasteiger partial charge in [0.05, 0.1) is 6.10 Å². The van der Waals surface area contributed by atoms with Crippen molar-refractivity contribution in [2.45, 2.75) is 32.9 Å². The monoisotopic (exact) mass is 253 g/mol. The summed E-state index contributed by atoms with van der Waals surface area (Å²) >= 11 is 0. The van der Waals surface area contributed by atoms with Gasteiger partial charge in [-0.1, -0.05) is 0 Å². The molecular formula is C8H19N3O4S. The van der Waals surface area contributed by atoms with E-state index in [0.717, 1.165) is 4.31 Å². The van der Waals surface area contributed by atoms with Crippen molar-refractivity contribution in [1.29, 1.82) is 0 Å². The second-order valence-corrected chi connectivity index (χ2v) is 5.39. The van der Waals surface area contributed by atoms with Crippen molar-refractivity contribution >= 4 is 16.3 Å². The van der Waals surface area contributed by atoms with Crippen molar-refractivity contribution in [3.05, 3.63) is 0 Å². The Hall–Kier alpha value is -0.860. The summed E-state index contributed by atoms with van der Waals surface area (Å²) < 4.78 is 30.6. The van der Waals surface area contributed by atoms with E-state index in [4.69, 9.17) is 5.73 Å². The standard InChI is InChI=1S/C8H19N3O4S/c1-6(2)15-8(12)10-16(13,14)11(4)7(3)5-9/h6-7H,5,9H2,1-4H3,(H,10,12). The molecule has 0 aromatic heterocycles. The van der Waals surface area contributed by atoms with Crippen molar-refractivity contribution in [1.82, 2.24) is 9.03 Å². The summed E-state index contributed by atoms with van der Waals surface area (Å²) in [5, 5.41) is 0. The third-order valence-electron chi connectivity index (χ3n) is 1.90. The molecule has 0 bridgehead atoms. The van der Waals surface area contributed by atoms with Crippen molar-refractivity contribution in [2.24, 2.45) is 5.73 Å². The van der Waals surface area contributed by atoms with E-state index >= 15 is 0 Å². The molecule has 0 radical (unpaired) electrons. The summed E-state index contributed by atoms with van der Waals surface area (Å²) in [6, 6.07) is -0.399. The Morgan fingerprint density at radius 1 is 1.44 bits per heavy atom. The fraction of sp³-hybridized carbons (Fsp3) is 0.875. The molecular weight excluding hydrogens is 234 g/mol. The van der Waals surface area contributed by atoms with Crippen molar-refractivity contribution in [3.63, 3.8) is 0 Å². The minimum atomic E-state index is -3.89. The molecule has 16 heavy (non-hydrogen) atoms. The molecule has 0 fully saturated rings. The summed E-state index contributed by atoms with van der Waals surface area (Å²) in [5.41, 5.74) is 5.33. The lowest BCUT2D eigenvalue weighted by molar-refractivity contribution is 0.121. The van der Waals surface area contributed by atoms with Crippen molar-refractivity contribution in [3.8, 4) is 0 Å². The van der Waals surface area contributed by atoms with Gasteiger partial charge in [-0.2, -0.15) is 12.7 Å². The average Bonchev–Trinajstić information content (AvgIpc) is 2.13. The summed E-state index contributed by atoms with van der Waals surface area (Å²) in [6.45, 7) is 5.04. The number of carbonyl (C=O) groups excluding carboxylic acids is 1. The van der Waals surface area contributed by atoms with Crippen LogP contribution < -0.4 is 10.5 Å². The van der Waals surface area contributed by atoms with Gasteiger partial charge in [0.25, 0.3) is 0 Å². The Kier molecular flexibility index (Phi) is 5.70. The molecule has 0 rings (SSSR count). The van der Waals surface area contributed by atoms with Crippen LogP contribution in [0.3, 0.4) is 0 Å². The highest BCUT2D eigenvalue weighted by molar-refractivity contribution is 7.87. The number of likely N-dealkylation sites (N-methyl/N-ethyl adjacent to an activating group) is 1. The fourth-order valence-corrected chi connectivity index (χ4v) is 1.76. The van der Waals surface area contributed by atoms with Gasteiger partial charge < -0.3 is 10.5 Å². The van der Waals surface area contributed by atoms with Gasteiger partial charge in [0, 0.05) is 19.6 Å². The van der Waals surface area contributed by atoms with E-state index in [-0.39, 0.29) is 12.6 Å². The van der Waals surface area contributed by atoms with E-state index in [1.807, 2.05) is 0 Å².